The minimum atomic E-state index is -0.458. The Bertz CT molecular complexity index is 456. The predicted octanol–water partition coefficient (Wildman–Crippen LogP) is 2.04. The molecule has 2 N–H and O–H groups in total. The van der Waals surface area contributed by atoms with Crippen LogP contribution in [0.1, 0.15) is 44.1 Å². The SMILES string of the molecule is CCOC(=O)c1coc(NCC2NCCCC2(C)C)n1. The van der Waals surface area contributed by atoms with E-state index in [1.165, 1.54) is 19.1 Å². The predicted molar refractivity (Wildman–Crippen MR) is 75.8 cm³/mol. The lowest BCUT2D eigenvalue weighted by Gasteiger charge is -2.39. The Hall–Kier alpha value is -1.56. The van der Waals surface area contributed by atoms with E-state index >= 15 is 0 Å². The molecular formula is C14H23N3O3. The summed E-state index contributed by atoms with van der Waals surface area (Å²) in [7, 11) is 0. The van der Waals surface area contributed by atoms with Crippen molar-refractivity contribution in [3.8, 4) is 0 Å². The summed E-state index contributed by atoms with van der Waals surface area (Å²) in [5.41, 5.74) is 0.437. The molecule has 1 saturated heterocycles. The van der Waals surface area contributed by atoms with E-state index < -0.39 is 5.97 Å². The van der Waals surface area contributed by atoms with Gasteiger partial charge in [-0.25, -0.2) is 4.79 Å². The number of aromatic nitrogens is 1. The molecule has 1 fully saturated rings. The number of carbonyl (C=O) groups is 1. The molecule has 0 aromatic carbocycles. The highest BCUT2D eigenvalue weighted by molar-refractivity contribution is 5.87. The van der Waals surface area contributed by atoms with Gasteiger partial charge in [-0.05, 0) is 31.7 Å². The molecule has 1 aliphatic heterocycles. The lowest BCUT2D eigenvalue weighted by atomic mass is 9.77. The van der Waals surface area contributed by atoms with Crippen LogP contribution >= 0.6 is 0 Å². The van der Waals surface area contributed by atoms with Crippen molar-refractivity contribution in [2.45, 2.75) is 39.7 Å². The average Bonchev–Trinajstić information content (AvgIpc) is 2.86. The molecule has 20 heavy (non-hydrogen) atoms. The van der Waals surface area contributed by atoms with Gasteiger partial charge in [-0.1, -0.05) is 13.8 Å². The number of nitrogens with zero attached hydrogens (tertiary/aromatic N) is 1. The van der Waals surface area contributed by atoms with E-state index in [9.17, 15) is 4.79 Å². The number of oxazole rings is 1. The molecule has 0 saturated carbocycles. The molecule has 1 atom stereocenters. The molecule has 1 aromatic heterocycles. The second kappa shape index (κ2) is 6.26. The van der Waals surface area contributed by atoms with Crippen molar-refractivity contribution in [1.82, 2.24) is 10.3 Å². The molecule has 112 valence electrons. The molecule has 2 heterocycles. The van der Waals surface area contributed by atoms with Crippen LogP contribution in [0, 0.1) is 5.41 Å². The summed E-state index contributed by atoms with van der Waals surface area (Å²) in [5, 5.41) is 6.65. The highest BCUT2D eigenvalue weighted by Crippen LogP contribution is 2.30. The Labute approximate surface area is 119 Å². The smallest absolute Gasteiger partial charge is 0.360 e. The summed E-state index contributed by atoms with van der Waals surface area (Å²) in [6.07, 6.45) is 3.72. The third kappa shape index (κ3) is 3.50. The molecular weight excluding hydrogens is 258 g/mol. The summed E-state index contributed by atoms with van der Waals surface area (Å²) < 4.78 is 10.1. The summed E-state index contributed by atoms with van der Waals surface area (Å²) in [6, 6.07) is 0.713. The van der Waals surface area contributed by atoms with Gasteiger partial charge in [0, 0.05) is 12.6 Å². The van der Waals surface area contributed by atoms with Crippen LogP contribution in [0.4, 0.5) is 6.01 Å². The Morgan fingerprint density at radius 3 is 3.15 bits per heavy atom. The first-order valence-electron chi connectivity index (χ1n) is 7.13. The average molecular weight is 281 g/mol. The maximum atomic E-state index is 11.5. The van der Waals surface area contributed by atoms with E-state index in [0.29, 0.717) is 18.7 Å². The molecule has 0 spiro atoms. The number of nitrogens with one attached hydrogen (secondary N) is 2. The van der Waals surface area contributed by atoms with E-state index in [2.05, 4.69) is 29.5 Å². The van der Waals surface area contributed by atoms with Crippen molar-refractivity contribution in [2.24, 2.45) is 5.41 Å². The van der Waals surface area contributed by atoms with Gasteiger partial charge in [0.2, 0.25) is 0 Å². The second-order valence-electron chi connectivity index (χ2n) is 5.74. The number of anilines is 1. The Balaban J connectivity index is 1.89. The molecule has 1 aliphatic rings. The third-order valence-electron chi connectivity index (χ3n) is 3.78. The maximum absolute atomic E-state index is 11.5. The van der Waals surface area contributed by atoms with Crippen LogP contribution in [0.3, 0.4) is 0 Å². The van der Waals surface area contributed by atoms with Gasteiger partial charge in [0.05, 0.1) is 6.61 Å². The lowest BCUT2D eigenvalue weighted by Crippen LogP contribution is -2.50. The van der Waals surface area contributed by atoms with Crippen molar-refractivity contribution in [2.75, 3.05) is 25.0 Å². The zero-order valence-electron chi connectivity index (χ0n) is 12.4. The van der Waals surface area contributed by atoms with Crippen LogP contribution in [-0.2, 0) is 4.74 Å². The van der Waals surface area contributed by atoms with Gasteiger partial charge in [0.25, 0.3) is 6.01 Å². The minimum Gasteiger partial charge on any atom is -0.461 e. The van der Waals surface area contributed by atoms with Crippen LogP contribution < -0.4 is 10.6 Å². The number of hydrogen-bond donors (Lipinski definition) is 2. The van der Waals surface area contributed by atoms with Crippen LogP contribution in [-0.4, -0.2) is 36.7 Å². The zero-order valence-corrected chi connectivity index (χ0v) is 12.4. The molecule has 6 heteroatoms. The number of esters is 1. The van der Waals surface area contributed by atoms with Gasteiger partial charge >= 0.3 is 5.97 Å². The third-order valence-corrected chi connectivity index (χ3v) is 3.78. The zero-order chi connectivity index (χ0) is 14.6. The fraction of sp³-hybridized carbons (Fsp3) is 0.714. The van der Waals surface area contributed by atoms with Gasteiger partial charge < -0.3 is 19.8 Å². The Kier molecular flexibility index (Phi) is 4.65. The van der Waals surface area contributed by atoms with Gasteiger partial charge in [0.1, 0.15) is 6.26 Å². The second-order valence-corrected chi connectivity index (χ2v) is 5.74. The van der Waals surface area contributed by atoms with E-state index in [1.807, 2.05) is 0 Å². The molecule has 0 aliphatic carbocycles. The van der Waals surface area contributed by atoms with E-state index in [4.69, 9.17) is 9.15 Å². The quantitative estimate of drug-likeness (QED) is 0.804. The normalized spacial score (nSPS) is 21.4. The summed E-state index contributed by atoms with van der Waals surface area (Å²) >= 11 is 0. The molecule has 0 radical (unpaired) electrons. The van der Waals surface area contributed by atoms with Crippen molar-refractivity contribution in [3.05, 3.63) is 12.0 Å². The van der Waals surface area contributed by atoms with E-state index in [-0.39, 0.29) is 11.1 Å². The van der Waals surface area contributed by atoms with Crippen molar-refractivity contribution >= 4 is 12.0 Å². The maximum Gasteiger partial charge on any atom is 0.360 e. The monoisotopic (exact) mass is 281 g/mol. The van der Waals surface area contributed by atoms with Crippen molar-refractivity contribution in [3.63, 3.8) is 0 Å². The van der Waals surface area contributed by atoms with Crippen molar-refractivity contribution in [1.29, 1.82) is 0 Å². The van der Waals surface area contributed by atoms with Crippen LogP contribution in [0.5, 0.6) is 0 Å². The Morgan fingerprint density at radius 2 is 2.45 bits per heavy atom. The molecule has 1 aromatic rings. The standard InChI is InChI=1S/C14H23N3O3/c1-4-19-12(18)10-9-20-13(17-10)16-8-11-14(2,3)6-5-7-15-11/h9,11,15H,4-8H2,1-3H3,(H,16,17). The van der Waals surface area contributed by atoms with Crippen LogP contribution in [0.2, 0.25) is 0 Å². The highest BCUT2D eigenvalue weighted by Gasteiger charge is 2.31. The summed E-state index contributed by atoms with van der Waals surface area (Å²) in [4.78, 5) is 15.6. The lowest BCUT2D eigenvalue weighted by molar-refractivity contribution is 0.0519. The first kappa shape index (κ1) is 14.8. The minimum absolute atomic E-state index is 0.199. The fourth-order valence-electron chi connectivity index (χ4n) is 2.46. The number of carbonyl (C=O) groups excluding carboxylic acids is 1. The van der Waals surface area contributed by atoms with Gasteiger partial charge in [-0.3, -0.25) is 0 Å². The molecule has 1 unspecified atom stereocenters. The van der Waals surface area contributed by atoms with Crippen LogP contribution in [0.15, 0.2) is 10.7 Å². The van der Waals surface area contributed by atoms with Crippen LogP contribution in [0.25, 0.3) is 0 Å². The van der Waals surface area contributed by atoms with E-state index in [0.717, 1.165) is 13.1 Å². The molecule has 0 bridgehead atoms. The largest absolute Gasteiger partial charge is 0.461 e. The number of ether oxygens (including phenoxy) is 1. The molecule has 6 nitrogen and oxygen atoms in total. The summed E-state index contributed by atoms with van der Waals surface area (Å²) in [5.74, 6) is -0.458. The van der Waals surface area contributed by atoms with Gasteiger partial charge in [0.15, 0.2) is 5.69 Å². The summed E-state index contributed by atoms with van der Waals surface area (Å²) in [6.45, 7) is 8.35. The molecule has 0 amide bonds. The number of piperidine rings is 1. The highest BCUT2D eigenvalue weighted by atomic mass is 16.5. The fourth-order valence-corrected chi connectivity index (χ4v) is 2.46. The van der Waals surface area contributed by atoms with Crippen molar-refractivity contribution < 1.29 is 13.9 Å². The number of rotatable bonds is 5. The molecule has 2 rings (SSSR count). The van der Waals surface area contributed by atoms with E-state index in [1.54, 1.807) is 6.92 Å². The van der Waals surface area contributed by atoms with Gasteiger partial charge in [-0.15, -0.1) is 0 Å². The first-order chi connectivity index (χ1) is 9.53. The topological polar surface area (TPSA) is 76.4 Å². The van der Waals surface area contributed by atoms with Gasteiger partial charge in [-0.2, -0.15) is 4.98 Å². The Morgan fingerprint density at radius 1 is 1.65 bits per heavy atom. The first-order valence-corrected chi connectivity index (χ1v) is 7.13. The number of hydrogen-bond acceptors (Lipinski definition) is 6.